The maximum Gasteiger partial charge on any atom is 0.0826 e. The van der Waals surface area contributed by atoms with Crippen LogP contribution in [-0.4, -0.2) is 61.5 Å². The van der Waals surface area contributed by atoms with Gasteiger partial charge in [0.05, 0.1) is 18.8 Å². The smallest absolute Gasteiger partial charge is 0.0826 e. The average molecular weight is 258 g/mol. The van der Waals surface area contributed by atoms with Crippen LogP contribution in [0.1, 0.15) is 33.6 Å². The van der Waals surface area contributed by atoms with E-state index in [0.717, 1.165) is 45.6 Å². The predicted molar refractivity (Wildman–Crippen MR) is 74.8 cm³/mol. The highest BCUT2D eigenvalue weighted by molar-refractivity contribution is 4.75. The summed E-state index contributed by atoms with van der Waals surface area (Å²) in [6, 6.07) is 0. The van der Waals surface area contributed by atoms with Crippen molar-refractivity contribution >= 4 is 0 Å². The van der Waals surface area contributed by atoms with Gasteiger partial charge in [0.15, 0.2) is 0 Å². The lowest BCUT2D eigenvalue weighted by molar-refractivity contribution is -0.0268. The van der Waals surface area contributed by atoms with E-state index in [1.54, 1.807) is 0 Å². The quantitative estimate of drug-likeness (QED) is 0.684. The van der Waals surface area contributed by atoms with E-state index in [1.807, 2.05) is 0 Å². The van der Waals surface area contributed by atoms with Crippen molar-refractivity contribution in [3.8, 4) is 0 Å². The lowest BCUT2D eigenvalue weighted by atomic mass is 9.96. The molecule has 2 N–H and O–H groups in total. The van der Waals surface area contributed by atoms with Gasteiger partial charge in [-0.2, -0.15) is 0 Å². The molecule has 1 rings (SSSR count). The van der Waals surface area contributed by atoms with Gasteiger partial charge in [-0.15, -0.1) is 0 Å². The van der Waals surface area contributed by atoms with Crippen LogP contribution in [0.4, 0.5) is 0 Å². The lowest BCUT2D eigenvalue weighted by Gasteiger charge is -2.32. The third-order valence-corrected chi connectivity index (χ3v) is 3.99. The standard InChI is InChI=1S/C14H30N2O2/c1-4-12(5-2)14(17)10-15-9-13-11-16(6-3)7-8-18-13/h12-15,17H,4-11H2,1-3H3. The predicted octanol–water partition coefficient (Wildman–Crippen LogP) is 1.09. The minimum absolute atomic E-state index is 0.231. The van der Waals surface area contributed by atoms with E-state index in [1.165, 1.54) is 0 Å². The fourth-order valence-electron chi connectivity index (χ4n) is 2.58. The average Bonchev–Trinajstić information content (AvgIpc) is 2.40. The van der Waals surface area contributed by atoms with Crippen LogP contribution >= 0.6 is 0 Å². The summed E-state index contributed by atoms with van der Waals surface area (Å²) in [4.78, 5) is 2.41. The van der Waals surface area contributed by atoms with Gasteiger partial charge in [0.1, 0.15) is 0 Å². The van der Waals surface area contributed by atoms with E-state index >= 15 is 0 Å². The van der Waals surface area contributed by atoms with Gasteiger partial charge < -0.3 is 15.2 Å². The van der Waals surface area contributed by atoms with Gasteiger partial charge in [-0.25, -0.2) is 0 Å². The molecule has 1 saturated heterocycles. The second kappa shape index (κ2) is 8.86. The van der Waals surface area contributed by atoms with Crippen molar-refractivity contribution in [2.75, 3.05) is 39.3 Å². The van der Waals surface area contributed by atoms with Crippen LogP contribution in [0.15, 0.2) is 0 Å². The number of likely N-dealkylation sites (N-methyl/N-ethyl adjacent to an activating group) is 1. The highest BCUT2D eigenvalue weighted by Gasteiger charge is 2.20. The Labute approximate surface area is 112 Å². The number of aliphatic hydroxyl groups is 1. The highest BCUT2D eigenvalue weighted by atomic mass is 16.5. The number of nitrogens with zero attached hydrogens (tertiary/aromatic N) is 1. The van der Waals surface area contributed by atoms with Gasteiger partial charge in [-0.1, -0.05) is 33.6 Å². The first-order valence-electron chi connectivity index (χ1n) is 7.43. The molecule has 0 bridgehead atoms. The summed E-state index contributed by atoms with van der Waals surface area (Å²) >= 11 is 0. The molecular weight excluding hydrogens is 228 g/mol. The molecule has 0 aliphatic carbocycles. The maximum atomic E-state index is 10.0. The van der Waals surface area contributed by atoms with Crippen LogP contribution in [0.3, 0.4) is 0 Å². The van der Waals surface area contributed by atoms with Gasteiger partial charge >= 0.3 is 0 Å². The number of hydrogen-bond donors (Lipinski definition) is 2. The molecule has 2 unspecified atom stereocenters. The Kier molecular flexibility index (Phi) is 7.82. The summed E-state index contributed by atoms with van der Waals surface area (Å²) in [5, 5.41) is 13.4. The molecule has 0 aromatic carbocycles. The fraction of sp³-hybridized carbons (Fsp3) is 1.00. The molecule has 1 aliphatic rings. The first kappa shape index (κ1) is 15.9. The second-order valence-electron chi connectivity index (χ2n) is 5.19. The molecule has 0 spiro atoms. The lowest BCUT2D eigenvalue weighted by Crippen LogP contribution is -2.47. The molecule has 0 amide bonds. The number of nitrogens with one attached hydrogen (secondary N) is 1. The van der Waals surface area contributed by atoms with Crippen LogP contribution in [0.5, 0.6) is 0 Å². The maximum absolute atomic E-state index is 10.0. The second-order valence-corrected chi connectivity index (χ2v) is 5.19. The minimum Gasteiger partial charge on any atom is -0.392 e. The number of hydrogen-bond acceptors (Lipinski definition) is 4. The van der Waals surface area contributed by atoms with Crippen LogP contribution in [0, 0.1) is 5.92 Å². The summed E-state index contributed by atoms with van der Waals surface area (Å²) in [5.41, 5.74) is 0. The van der Waals surface area contributed by atoms with E-state index in [-0.39, 0.29) is 12.2 Å². The number of morpholine rings is 1. The molecule has 1 fully saturated rings. The Bertz CT molecular complexity index is 210. The zero-order valence-corrected chi connectivity index (χ0v) is 12.2. The first-order chi connectivity index (χ1) is 8.71. The zero-order valence-electron chi connectivity index (χ0n) is 12.2. The zero-order chi connectivity index (χ0) is 13.4. The number of aliphatic hydroxyl groups excluding tert-OH is 1. The fourth-order valence-corrected chi connectivity index (χ4v) is 2.58. The third-order valence-electron chi connectivity index (χ3n) is 3.99. The molecule has 1 heterocycles. The van der Waals surface area contributed by atoms with Gasteiger partial charge in [-0.05, 0) is 12.5 Å². The summed E-state index contributed by atoms with van der Waals surface area (Å²) < 4.78 is 5.72. The van der Waals surface area contributed by atoms with Crippen molar-refractivity contribution in [1.29, 1.82) is 0 Å². The van der Waals surface area contributed by atoms with Crippen LogP contribution < -0.4 is 5.32 Å². The van der Waals surface area contributed by atoms with Crippen molar-refractivity contribution in [2.24, 2.45) is 5.92 Å². The Hall–Kier alpha value is -0.160. The van der Waals surface area contributed by atoms with Crippen LogP contribution in [0.25, 0.3) is 0 Å². The van der Waals surface area contributed by atoms with E-state index < -0.39 is 0 Å². The summed E-state index contributed by atoms with van der Waals surface area (Å²) in [7, 11) is 0. The molecule has 108 valence electrons. The Morgan fingerprint density at radius 2 is 2.06 bits per heavy atom. The normalized spacial score (nSPS) is 23.5. The molecule has 0 saturated carbocycles. The highest BCUT2D eigenvalue weighted by Crippen LogP contribution is 2.12. The molecule has 4 nitrogen and oxygen atoms in total. The number of ether oxygens (including phenoxy) is 1. The number of rotatable bonds is 8. The summed E-state index contributed by atoms with van der Waals surface area (Å²) in [6.07, 6.45) is 2.13. The molecule has 1 aliphatic heterocycles. The third kappa shape index (κ3) is 5.22. The topological polar surface area (TPSA) is 44.7 Å². The van der Waals surface area contributed by atoms with E-state index in [4.69, 9.17) is 4.74 Å². The van der Waals surface area contributed by atoms with E-state index in [2.05, 4.69) is 31.0 Å². The van der Waals surface area contributed by atoms with Crippen LogP contribution in [-0.2, 0) is 4.74 Å². The van der Waals surface area contributed by atoms with Crippen molar-refractivity contribution in [3.63, 3.8) is 0 Å². The van der Waals surface area contributed by atoms with E-state index in [9.17, 15) is 5.11 Å². The first-order valence-corrected chi connectivity index (χ1v) is 7.43. The van der Waals surface area contributed by atoms with Gasteiger partial charge in [-0.3, -0.25) is 4.90 Å². The molecule has 18 heavy (non-hydrogen) atoms. The largest absolute Gasteiger partial charge is 0.392 e. The Morgan fingerprint density at radius 1 is 1.33 bits per heavy atom. The minimum atomic E-state index is -0.231. The molecule has 0 aromatic heterocycles. The SMILES string of the molecule is CCC(CC)C(O)CNCC1CN(CC)CCO1. The van der Waals surface area contributed by atoms with Gasteiger partial charge in [0.25, 0.3) is 0 Å². The molecule has 0 radical (unpaired) electrons. The van der Waals surface area contributed by atoms with Crippen LogP contribution in [0.2, 0.25) is 0 Å². The van der Waals surface area contributed by atoms with Crippen molar-refractivity contribution < 1.29 is 9.84 Å². The monoisotopic (exact) mass is 258 g/mol. The van der Waals surface area contributed by atoms with Crippen molar-refractivity contribution in [2.45, 2.75) is 45.8 Å². The Balaban J connectivity index is 2.16. The van der Waals surface area contributed by atoms with Gasteiger partial charge in [0, 0.05) is 26.2 Å². The molecule has 0 aromatic rings. The Morgan fingerprint density at radius 3 is 2.67 bits per heavy atom. The summed E-state index contributed by atoms with van der Waals surface area (Å²) in [6.45, 7) is 12.0. The van der Waals surface area contributed by atoms with Gasteiger partial charge in [0.2, 0.25) is 0 Å². The molecule has 2 atom stereocenters. The van der Waals surface area contributed by atoms with Crippen molar-refractivity contribution in [1.82, 2.24) is 10.2 Å². The molecule has 4 heteroatoms. The molecular formula is C14H30N2O2. The van der Waals surface area contributed by atoms with Crippen molar-refractivity contribution in [3.05, 3.63) is 0 Å². The summed E-state index contributed by atoms with van der Waals surface area (Å²) in [5.74, 6) is 0.414. The van der Waals surface area contributed by atoms with E-state index in [0.29, 0.717) is 12.5 Å².